The molecule has 5 heteroatoms. The molecule has 1 amide bonds. The fourth-order valence-corrected chi connectivity index (χ4v) is 0.622. The second-order valence-corrected chi connectivity index (χ2v) is 1.89. The van der Waals surface area contributed by atoms with Crippen LogP contribution in [0.5, 0.6) is 0 Å². The Kier molecular flexibility index (Phi) is 2.70. The molecule has 0 saturated carbocycles. The van der Waals surface area contributed by atoms with Gasteiger partial charge in [0.1, 0.15) is 11.3 Å². The maximum absolute atomic E-state index is 10.6. The largest absolute Gasteiger partial charge is 0.465 e. The molecule has 0 spiro atoms. The lowest BCUT2D eigenvalue weighted by Crippen LogP contribution is -1.84. The summed E-state index contributed by atoms with van der Waals surface area (Å²) in [6, 6.07) is 3.40. The topological polar surface area (TPSA) is 80.5 Å². The van der Waals surface area contributed by atoms with Crippen LogP contribution < -0.4 is 4.91 Å². The van der Waals surface area contributed by atoms with Gasteiger partial charge in [-0.05, 0) is 18.2 Å². The van der Waals surface area contributed by atoms with E-state index in [1.165, 1.54) is 18.4 Å². The van der Waals surface area contributed by atoms with Gasteiger partial charge in [0, 0.05) is 6.08 Å². The van der Waals surface area contributed by atoms with Crippen LogP contribution in [-0.2, 0) is 4.79 Å². The van der Waals surface area contributed by atoms with Crippen LogP contribution in [-0.4, -0.2) is 5.91 Å². The first-order valence-corrected chi connectivity index (χ1v) is 3.16. The van der Waals surface area contributed by atoms with Crippen molar-refractivity contribution >= 4 is 12.0 Å². The third-order valence-electron chi connectivity index (χ3n) is 1.08. The standard InChI is InChI=1S/C7H6N3O2/c8-10-9-7(11)4-3-6-2-1-5-12-6/h1-5,8H/q+1/b4-3+. The van der Waals surface area contributed by atoms with Gasteiger partial charge in [-0.25, -0.2) is 0 Å². The molecule has 0 atom stereocenters. The minimum atomic E-state index is -0.582. The smallest absolute Gasteiger partial charge is 0.353 e. The van der Waals surface area contributed by atoms with Gasteiger partial charge in [0.05, 0.1) is 6.26 Å². The Morgan fingerprint density at radius 3 is 3.17 bits per heavy atom. The Balaban J connectivity index is 2.62. The van der Waals surface area contributed by atoms with Crippen LogP contribution in [0.3, 0.4) is 0 Å². The molecule has 0 aliphatic heterocycles. The van der Waals surface area contributed by atoms with E-state index in [1.807, 2.05) is 0 Å². The highest BCUT2D eigenvalue weighted by Gasteiger charge is 1.97. The van der Waals surface area contributed by atoms with E-state index in [0.717, 1.165) is 0 Å². The zero-order valence-corrected chi connectivity index (χ0v) is 6.10. The van der Waals surface area contributed by atoms with Crippen molar-refractivity contribution in [3.8, 4) is 0 Å². The van der Waals surface area contributed by atoms with Gasteiger partial charge in [-0.1, -0.05) is 0 Å². The molecule has 0 aromatic carbocycles. The number of rotatable bonds is 2. The molecule has 12 heavy (non-hydrogen) atoms. The molecule has 60 valence electrons. The number of hydrogen-bond donors (Lipinski definition) is 1. The average molecular weight is 164 g/mol. The second kappa shape index (κ2) is 4.00. The van der Waals surface area contributed by atoms with Crippen LogP contribution in [0.1, 0.15) is 5.76 Å². The van der Waals surface area contributed by atoms with Crippen molar-refractivity contribution in [1.29, 1.82) is 5.53 Å². The number of amides is 1. The molecule has 0 aliphatic rings. The van der Waals surface area contributed by atoms with E-state index in [-0.39, 0.29) is 0 Å². The number of furan rings is 1. The number of nitrogens with one attached hydrogen (secondary N) is 1. The molecule has 0 bridgehead atoms. The molecule has 0 radical (unpaired) electrons. The fourth-order valence-electron chi connectivity index (χ4n) is 0.622. The maximum atomic E-state index is 10.6. The minimum absolute atomic E-state index is 0.559. The predicted octanol–water partition coefficient (Wildman–Crippen LogP) is 1.37. The van der Waals surface area contributed by atoms with E-state index >= 15 is 0 Å². The summed E-state index contributed by atoms with van der Waals surface area (Å²) in [5.74, 6) is -0.0232. The normalized spacial score (nSPS) is 9.67. The summed E-state index contributed by atoms with van der Waals surface area (Å²) in [5, 5.41) is 2.95. The first-order valence-electron chi connectivity index (χ1n) is 3.16. The van der Waals surface area contributed by atoms with E-state index in [9.17, 15) is 4.79 Å². The highest BCUT2D eigenvalue weighted by molar-refractivity contribution is 5.91. The first-order chi connectivity index (χ1) is 5.83. The molecular formula is C7H6N3O2+. The summed E-state index contributed by atoms with van der Waals surface area (Å²) in [6.45, 7) is 0. The summed E-state index contributed by atoms with van der Waals surface area (Å²) >= 11 is 0. The van der Waals surface area contributed by atoms with Crippen molar-refractivity contribution in [2.75, 3.05) is 0 Å². The molecule has 0 unspecified atom stereocenters. The monoisotopic (exact) mass is 164 g/mol. The van der Waals surface area contributed by atoms with E-state index < -0.39 is 5.91 Å². The molecule has 5 nitrogen and oxygen atoms in total. The Bertz CT molecular complexity index is 334. The van der Waals surface area contributed by atoms with E-state index in [2.05, 4.69) is 10.0 Å². The molecule has 0 saturated heterocycles. The summed E-state index contributed by atoms with van der Waals surface area (Å²) in [6.07, 6.45) is 4.13. The van der Waals surface area contributed by atoms with E-state index in [0.29, 0.717) is 5.76 Å². The lowest BCUT2D eigenvalue weighted by Gasteiger charge is -1.77. The minimum Gasteiger partial charge on any atom is -0.465 e. The Morgan fingerprint density at radius 1 is 1.75 bits per heavy atom. The van der Waals surface area contributed by atoms with Gasteiger partial charge in [-0.3, -0.25) is 4.79 Å². The molecule has 1 N–H and O–H groups in total. The predicted molar refractivity (Wildman–Crippen MR) is 40.0 cm³/mol. The molecule has 1 rings (SSSR count). The zero-order valence-electron chi connectivity index (χ0n) is 6.10. The third-order valence-corrected chi connectivity index (χ3v) is 1.08. The third kappa shape index (κ3) is 2.32. The van der Waals surface area contributed by atoms with Crippen molar-refractivity contribution in [3.05, 3.63) is 30.2 Å². The van der Waals surface area contributed by atoms with Crippen LogP contribution in [0.15, 0.2) is 34.0 Å². The average Bonchev–Trinajstić information content (AvgIpc) is 2.53. The molecule has 1 aromatic heterocycles. The molecule has 1 aromatic rings. The SMILES string of the molecule is N=[N+]=NC(=O)/C=C/c1ccco1. The first kappa shape index (κ1) is 8.10. The highest BCUT2D eigenvalue weighted by atomic mass is 16.3. The fraction of sp³-hybridized carbons (Fsp3) is 0. The summed E-state index contributed by atoms with van der Waals surface area (Å²) in [4.78, 5) is 13.2. The number of carbonyl (C=O) groups is 1. The Hall–Kier alpha value is -2.00. The van der Waals surface area contributed by atoms with Gasteiger partial charge in [-0.2, -0.15) is 0 Å². The van der Waals surface area contributed by atoms with Crippen molar-refractivity contribution in [1.82, 2.24) is 4.91 Å². The van der Waals surface area contributed by atoms with Crippen LogP contribution in [0.2, 0.25) is 0 Å². The van der Waals surface area contributed by atoms with Crippen molar-refractivity contribution in [2.45, 2.75) is 0 Å². The summed E-state index contributed by atoms with van der Waals surface area (Å²) in [7, 11) is 0. The van der Waals surface area contributed by atoms with E-state index in [4.69, 9.17) is 9.95 Å². The number of nitrogens with zero attached hydrogens (tertiary/aromatic N) is 2. The molecule has 0 aliphatic carbocycles. The second-order valence-electron chi connectivity index (χ2n) is 1.89. The Labute approximate surface area is 67.9 Å². The number of carbonyl (C=O) groups excluding carboxylic acids is 1. The van der Waals surface area contributed by atoms with Crippen LogP contribution in [0.25, 0.3) is 6.08 Å². The van der Waals surface area contributed by atoms with Gasteiger partial charge in [0.15, 0.2) is 0 Å². The van der Waals surface area contributed by atoms with Crippen LogP contribution in [0, 0.1) is 5.53 Å². The van der Waals surface area contributed by atoms with Crippen LogP contribution in [0.4, 0.5) is 0 Å². The van der Waals surface area contributed by atoms with Crippen LogP contribution >= 0.6 is 0 Å². The summed E-state index contributed by atoms with van der Waals surface area (Å²) in [5.41, 5.74) is 6.27. The summed E-state index contributed by atoms with van der Waals surface area (Å²) < 4.78 is 4.90. The Morgan fingerprint density at radius 2 is 2.58 bits per heavy atom. The van der Waals surface area contributed by atoms with Gasteiger partial charge in [0.2, 0.25) is 10.0 Å². The van der Waals surface area contributed by atoms with Crippen molar-refractivity contribution in [2.24, 2.45) is 5.11 Å². The zero-order chi connectivity index (χ0) is 8.81. The van der Waals surface area contributed by atoms with Gasteiger partial charge < -0.3 is 4.42 Å². The van der Waals surface area contributed by atoms with Gasteiger partial charge in [-0.15, -0.1) is 0 Å². The lowest BCUT2D eigenvalue weighted by atomic mass is 10.4. The lowest BCUT2D eigenvalue weighted by molar-refractivity contribution is -0.113. The maximum Gasteiger partial charge on any atom is 0.353 e. The van der Waals surface area contributed by atoms with Gasteiger partial charge in [0.25, 0.3) is 0 Å². The highest BCUT2D eigenvalue weighted by Crippen LogP contribution is 2.01. The number of hydrogen-bond acceptors (Lipinski definition) is 3. The van der Waals surface area contributed by atoms with Crippen molar-refractivity contribution < 1.29 is 9.21 Å². The molecule has 0 fully saturated rings. The van der Waals surface area contributed by atoms with E-state index in [1.54, 1.807) is 12.1 Å². The van der Waals surface area contributed by atoms with Gasteiger partial charge >= 0.3 is 5.91 Å². The molecular weight excluding hydrogens is 158 g/mol. The quantitative estimate of drug-likeness (QED) is 0.407. The molecule has 1 heterocycles. The van der Waals surface area contributed by atoms with Crippen molar-refractivity contribution in [3.63, 3.8) is 0 Å².